The summed E-state index contributed by atoms with van der Waals surface area (Å²) in [5, 5.41) is 0. The monoisotopic (exact) mass is 276 g/mol. The molecule has 2 saturated heterocycles. The minimum absolute atomic E-state index is 0.00332. The topological polar surface area (TPSA) is 40.6 Å². The second kappa shape index (κ2) is 4.89. The summed E-state index contributed by atoms with van der Waals surface area (Å²) < 4.78 is 14.0. The number of rotatable bonds is 1. The highest BCUT2D eigenvalue weighted by Gasteiger charge is 2.40. The highest BCUT2D eigenvalue weighted by molar-refractivity contribution is 6.01. The van der Waals surface area contributed by atoms with E-state index in [-0.39, 0.29) is 30.5 Å². The molecule has 0 spiro atoms. The summed E-state index contributed by atoms with van der Waals surface area (Å²) in [5.41, 5.74) is 1.18. The Kier molecular flexibility index (Phi) is 3.20. The lowest BCUT2D eigenvalue weighted by Gasteiger charge is -2.25. The molecule has 2 amide bonds. The molecule has 3 rings (SSSR count). The van der Waals surface area contributed by atoms with E-state index in [0.717, 1.165) is 12.0 Å². The molecule has 2 aliphatic heterocycles. The lowest BCUT2D eigenvalue weighted by atomic mass is 10.1. The van der Waals surface area contributed by atoms with E-state index in [1.165, 1.54) is 11.0 Å². The summed E-state index contributed by atoms with van der Waals surface area (Å²) in [5.74, 6) is -0.572. The van der Waals surface area contributed by atoms with Crippen molar-refractivity contribution >= 4 is 17.5 Å². The first kappa shape index (κ1) is 13.1. The van der Waals surface area contributed by atoms with Crippen LogP contribution in [0.15, 0.2) is 18.2 Å². The summed E-state index contributed by atoms with van der Waals surface area (Å²) in [6.07, 6.45) is 1.77. The fourth-order valence-electron chi connectivity index (χ4n) is 3.03. The highest BCUT2D eigenvalue weighted by Crippen LogP contribution is 2.28. The number of hydrogen-bond donors (Lipinski definition) is 0. The van der Waals surface area contributed by atoms with E-state index in [9.17, 15) is 14.0 Å². The van der Waals surface area contributed by atoms with Gasteiger partial charge in [-0.2, -0.15) is 0 Å². The third-order valence-corrected chi connectivity index (χ3v) is 4.07. The van der Waals surface area contributed by atoms with Crippen LogP contribution < -0.4 is 4.90 Å². The molecule has 1 unspecified atom stereocenters. The molecular weight excluding hydrogens is 259 g/mol. The molecule has 4 nitrogen and oxygen atoms in total. The summed E-state index contributed by atoms with van der Waals surface area (Å²) in [7, 11) is 0. The van der Waals surface area contributed by atoms with Gasteiger partial charge in [0.1, 0.15) is 11.9 Å². The van der Waals surface area contributed by atoms with E-state index in [1.54, 1.807) is 17.0 Å². The van der Waals surface area contributed by atoms with E-state index < -0.39 is 11.9 Å². The number of amides is 2. The van der Waals surface area contributed by atoms with Gasteiger partial charge in [0.05, 0.1) is 5.69 Å². The van der Waals surface area contributed by atoms with Gasteiger partial charge in [-0.1, -0.05) is 6.07 Å². The first-order valence-electron chi connectivity index (χ1n) is 6.95. The van der Waals surface area contributed by atoms with Crippen LogP contribution in [-0.2, 0) is 9.59 Å². The van der Waals surface area contributed by atoms with Gasteiger partial charge < -0.3 is 9.80 Å². The van der Waals surface area contributed by atoms with Gasteiger partial charge in [-0.3, -0.25) is 9.59 Å². The molecule has 5 heteroatoms. The summed E-state index contributed by atoms with van der Waals surface area (Å²) in [6.45, 7) is 2.75. The number of carbonyl (C=O) groups excluding carboxylic acids is 2. The Bertz CT molecular complexity index is 573. The van der Waals surface area contributed by atoms with Crippen LogP contribution in [-0.4, -0.2) is 35.8 Å². The van der Waals surface area contributed by atoms with Crippen LogP contribution in [0, 0.1) is 12.7 Å². The summed E-state index contributed by atoms with van der Waals surface area (Å²) >= 11 is 0. The van der Waals surface area contributed by atoms with E-state index in [1.807, 2.05) is 6.92 Å². The van der Waals surface area contributed by atoms with Crippen molar-refractivity contribution in [1.29, 1.82) is 0 Å². The number of hydrogen-bond acceptors (Lipinski definition) is 2. The maximum atomic E-state index is 14.0. The predicted octanol–water partition coefficient (Wildman–Crippen LogP) is 1.86. The fourth-order valence-corrected chi connectivity index (χ4v) is 3.03. The lowest BCUT2D eigenvalue weighted by Crippen LogP contribution is -2.44. The van der Waals surface area contributed by atoms with Gasteiger partial charge in [0, 0.05) is 19.5 Å². The second-order valence-corrected chi connectivity index (χ2v) is 5.44. The van der Waals surface area contributed by atoms with Crippen LogP contribution >= 0.6 is 0 Å². The van der Waals surface area contributed by atoms with Crippen molar-refractivity contribution < 1.29 is 14.0 Å². The molecule has 2 fully saturated rings. The van der Waals surface area contributed by atoms with Gasteiger partial charge in [-0.05, 0) is 37.5 Å². The van der Waals surface area contributed by atoms with Crippen molar-refractivity contribution in [3.8, 4) is 0 Å². The third-order valence-electron chi connectivity index (χ3n) is 4.07. The molecule has 0 bridgehead atoms. The van der Waals surface area contributed by atoms with Crippen molar-refractivity contribution in [3.05, 3.63) is 29.6 Å². The Labute approximate surface area is 117 Å². The molecule has 1 aromatic rings. The number of anilines is 1. The van der Waals surface area contributed by atoms with Crippen molar-refractivity contribution in [3.63, 3.8) is 0 Å². The van der Waals surface area contributed by atoms with Gasteiger partial charge >= 0.3 is 0 Å². The first-order valence-corrected chi connectivity index (χ1v) is 6.95. The average Bonchev–Trinajstić information content (AvgIpc) is 2.87. The van der Waals surface area contributed by atoms with Crippen LogP contribution in [0.2, 0.25) is 0 Å². The van der Waals surface area contributed by atoms with Crippen LogP contribution in [0.1, 0.15) is 24.8 Å². The van der Waals surface area contributed by atoms with Crippen molar-refractivity contribution in [2.45, 2.75) is 32.2 Å². The minimum Gasteiger partial charge on any atom is -0.331 e. The molecule has 1 atom stereocenters. The molecule has 1 aromatic carbocycles. The molecule has 0 N–H and O–H groups in total. The van der Waals surface area contributed by atoms with Gasteiger partial charge in [0.2, 0.25) is 11.8 Å². The molecule has 20 heavy (non-hydrogen) atoms. The summed E-state index contributed by atoms with van der Waals surface area (Å²) in [4.78, 5) is 27.7. The molecule has 0 aromatic heterocycles. The normalized spacial score (nSPS) is 23.0. The molecule has 0 saturated carbocycles. The lowest BCUT2D eigenvalue weighted by molar-refractivity contribution is -0.135. The highest BCUT2D eigenvalue weighted by atomic mass is 19.1. The molecule has 2 aliphatic rings. The van der Waals surface area contributed by atoms with Crippen LogP contribution in [0.5, 0.6) is 0 Å². The van der Waals surface area contributed by atoms with E-state index >= 15 is 0 Å². The molecule has 0 radical (unpaired) electrons. The molecule has 106 valence electrons. The maximum Gasteiger partial charge on any atom is 0.249 e. The second-order valence-electron chi connectivity index (χ2n) is 5.44. The SMILES string of the molecule is Cc1ccc(F)c(N2CCC(=O)N3CCCC3C2=O)c1. The van der Waals surface area contributed by atoms with E-state index in [0.29, 0.717) is 13.0 Å². The Hall–Kier alpha value is -1.91. The van der Waals surface area contributed by atoms with E-state index in [2.05, 4.69) is 0 Å². The minimum atomic E-state index is -0.414. The van der Waals surface area contributed by atoms with Gasteiger partial charge in [-0.25, -0.2) is 4.39 Å². The quantitative estimate of drug-likeness (QED) is 0.785. The Morgan fingerprint density at radius 2 is 2.05 bits per heavy atom. The van der Waals surface area contributed by atoms with Crippen molar-refractivity contribution in [2.24, 2.45) is 0 Å². The van der Waals surface area contributed by atoms with Crippen molar-refractivity contribution in [1.82, 2.24) is 4.90 Å². The largest absolute Gasteiger partial charge is 0.331 e. The van der Waals surface area contributed by atoms with Crippen LogP contribution in [0.4, 0.5) is 10.1 Å². The van der Waals surface area contributed by atoms with Gasteiger partial charge in [0.25, 0.3) is 0 Å². The van der Waals surface area contributed by atoms with Crippen molar-refractivity contribution in [2.75, 3.05) is 18.0 Å². The molecule has 2 heterocycles. The van der Waals surface area contributed by atoms with Gasteiger partial charge in [-0.15, -0.1) is 0 Å². The maximum absolute atomic E-state index is 14.0. The predicted molar refractivity (Wildman–Crippen MR) is 72.8 cm³/mol. The Morgan fingerprint density at radius 3 is 2.85 bits per heavy atom. The van der Waals surface area contributed by atoms with E-state index in [4.69, 9.17) is 0 Å². The van der Waals surface area contributed by atoms with Gasteiger partial charge in [0.15, 0.2) is 0 Å². The fraction of sp³-hybridized carbons (Fsp3) is 0.467. The smallest absolute Gasteiger partial charge is 0.249 e. The third kappa shape index (κ3) is 2.07. The molecule has 0 aliphatic carbocycles. The number of halogens is 1. The number of aryl methyl sites for hydroxylation is 1. The van der Waals surface area contributed by atoms with Crippen LogP contribution in [0.3, 0.4) is 0 Å². The van der Waals surface area contributed by atoms with Crippen LogP contribution in [0.25, 0.3) is 0 Å². The number of carbonyl (C=O) groups is 2. The number of benzene rings is 1. The number of nitrogens with zero attached hydrogens (tertiary/aromatic N) is 2. The zero-order valence-corrected chi connectivity index (χ0v) is 11.4. The Balaban J connectivity index is 1.98. The first-order chi connectivity index (χ1) is 9.58. The standard InChI is InChI=1S/C15H17FN2O2/c1-10-4-5-11(16)13(9-10)18-8-6-14(19)17-7-2-3-12(17)15(18)20/h4-5,9,12H,2-3,6-8H2,1H3. The molecular formula is C15H17FN2O2. The zero-order chi connectivity index (χ0) is 14.3. The average molecular weight is 276 g/mol. The number of fused-ring (bicyclic) bond motifs is 1. The zero-order valence-electron chi connectivity index (χ0n) is 11.4. The summed E-state index contributed by atoms with van der Waals surface area (Å²) in [6, 6.07) is 4.30. The Morgan fingerprint density at radius 1 is 1.25 bits per heavy atom.